The Hall–Kier alpha value is -1.46. The highest BCUT2D eigenvalue weighted by molar-refractivity contribution is 5.66. The van der Waals surface area contributed by atoms with E-state index in [9.17, 15) is 4.79 Å². The minimum Gasteiger partial charge on any atom is -0.481 e. The van der Waals surface area contributed by atoms with Crippen LogP contribution in [0.4, 0.5) is 0 Å². The fraction of sp³-hybridized carbons (Fsp3) is 0.833. The van der Waals surface area contributed by atoms with Crippen molar-refractivity contribution in [3.05, 3.63) is 5.82 Å². The van der Waals surface area contributed by atoms with E-state index >= 15 is 0 Å². The molecule has 0 amide bonds. The molecule has 1 rings (SSSR count). The first kappa shape index (κ1) is 14.6. The number of aliphatic carboxylic acids is 1. The summed E-state index contributed by atoms with van der Waals surface area (Å²) in [6.07, 6.45) is 1.89. The van der Waals surface area contributed by atoms with Crippen LogP contribution in [0.25, 0.3) is 0 Å². The standard InChI is InChI=1S/C12H22N4O2/c1-5-9(7-10(17)18)8-16-11(13-14-15-16)12(3,4)6-2/h9H,5-8H2,1-4H3,(H,17,18). The zero-order valence-corrected chi connectivity index (χ0v) is 11.6. The molecule has 0 saturated heterocycles. The van der Waals surface area contributed by atoms with Gasteiger partial charge in [-0.25, -0.2) is 4.68 Å². The molecule has 1 N–H and O–H groups in total. The Labute approximate surface area is 107 Å². The van der Waals surface area contributed by atoms with Gasteiger partial charge in [0.25, 0.3) is 0 Å². The molecule has 0 radical (unpaired) electrons. The molecule has 0 saturated carbocycles. The number of carboxylic acid groups (broad SMARTS) is 1. The van der Waals surface area contributed by atoms with Crippen LogP contribution in [0.5, 0.6) is 0 Å². The maximum absolute atomic E-state index is 10.8. The SMILES string of the molecule is CCC(CC(=O)O)Cn1nnnc1C(C)(C)CC. The number of hydrogen-bond donors (Lipinski definition) is 1. The van der Waals surface area contributed by atoms with Gasteiger partial charge in [-0.3, -0.25) is 4.79 Å². The summed E-state index contributed by atoms with van der Waals surface area (Å²) in [4.78, 5) is 10.8. The molecule has 102 valence electrons. The van der Waals surface area contributed by atoms with Gasteiger partial charge in [0, 0.05) is 18.4 Å². The van der Waals surface area contributed by atoms with Crippen LogP contribution in [0.3, 0.4) is 0 Å². The first-order valence-corrected chi connectivity index (χ1v) is 6.39. The Morgan fingerprint density at radius 1 is 1.44 bits per heavy atom. The number of aromatic nitrogens is 4. The van der Waals surface area contributed by atoms with Gasteiger partial charge in [-0.2, -0.15) is 0 Å². The van der Waals surface area contributed by atoms with Crippen molar-refractivity contribution < 1.29 is 9.90 Å². The fourth-order valence-electron chi connectivity index (χ4n) is 1.80. The lowest BCUT2D eigenvalue weighted by molar-refractivity contribution is -0.138. The highest BCUT2D eigenvalue weighted by Gasteiger charge is 2.26. The van der Waals surface area contributed by atoms with Gasteiger partial charge in [0.05, 0.1) is 0 Å². The molecule has 1 unspecified atom stereocenters. The lowest BCUT2D eigenvalue weighted by Crippen LogP contribution is -2.25. The van der Waals surface area contributed by atoms with E-state index in [2.05, 4.69) is 36.3 Å². The van der Waals surface area contributed by atoms with E-state index in [0.29, 0.717) is 6.54 Å². The molecule has 6 nitrogen and oxygen atoms in total. The van der Waals surface area contributed by atoms with Gasteiger partial charge >= 0.3 is 5.97 Å². The number of carbonyl (C=O) groups is 1. The minimum absolute atomic E-state index is 0.0670. The maximum Gasteiger partial charge on any atom is 0.303 e. The number of nitrogens with zero attached hydrogens (tertiary/aromatic N) is 4. The van der Waals surface area contributed by atoms with Crippen molar-refractivity contribution in [1.29, 1.82) is 0 Å². The molecule has 0 fully saturated rings. The molecule has 1 aromatic heterocycles. The summed E-state index contributed by atoms with van der Waals surface area (Å²) in [5, 5.41) is 20.6. The summed E-state index contributed by atoms with van der Waals surface area (Å²) in [6.45, 7) is 8.82. The van der Waals surface area contributed by atoms with E-state index in [0.717, 1.165) is 18.7 Å². The second-order valence-corrected chi connectivity index (χ2v) is 5.29. The van der Waals surface area contributed by atoms with Crippen molar-refractivity contribution in [2.24, 2.45) is 5.92 Å². The summed E-state index contributed by atoms with van der Waals surface area (Å²) in [6, 6.07) is 0. The van der Waals surface area contributed by atoms with Crippen molar-refractivity contribution >= 4 is 5.97 Å². The Balaban J connectivity index is 2.84. The van der Waals surface area contributed by atoms with Gasteiger partial charge in [-0.1, -0.05) is 34.1 Å². The predicted molar refractivity (Wildman–Crippen MR) is 67.2 cm³/mol. The number of carboxylic acids is 1. The summed E-state index contributed by atoms with van der Waals surface area (Å²) in [7, 11) is 0. The van der Waals surface area contributed by atoms with E-state index < -0.39 is 5.97 Å². The van der Waals surface area contributed by atoms with Crippen molar-refractivity contribution in [1.82, 2.24) is 20.2 Å². The molecule has 0 aliphatic rings. The lowest BCUT2D eigenvalue weighted by atomic mass is 9.89. The Kier molecular flexibility index (Phi) is 4.81. The van der Waals surface area contributed by atoms with E-state index in [1.165, 1.54) is 0 Å². The van der Waals surface area contributed by atoms with E-state index in [1.807, 2.05) is 6.92 Å². The monoisotopic (exact) mass is 254 g/mol. The van der Waals surface area contributed by atoms with Crippen LogP contribution in [0.1, 0.15) is 52.8 Å². The average Bonchev–Trinajstić information content (AvgIpc) is 2.76. The zero-order valence-electron chi connectivity index (χ0n) is 11.6. The normalized spacial score (nSPS) is 13.6. The molecular weight excluding hydrogens is 232 g/mol. The molecule has 1 heterocycles. The van der Waals surface area contributed by atoms with Crippen molar-refractivity contribution in [3.8, 4) is 0 Å². The Bertz CT molecular complexity index is 401. The molecule has 6 heteroatoms. The van der Waals surface area contributed by atoms with Crippen LogP contribution in [0.2, 0.25) is 0 Å². The number of hydrogen-bond acceptors (Lipinski definition) is 4. The topological polar surface area (TPSA) is 80.9 Å². The van der Waals surface area contributed by atoms with Crippen molar-refractivity contribution in [2.75, 3.05) is 0 Å². The van der Waals surface area contributed by atoms with Gasteiger partial charge < -0.3 is 5.11 Å². The number of rotatable bonds is 7. The third kappa shape index (κ3) is 3.51. The average molecular weight is 254 g/mol. The molecular formula is C12H22N4O2. The van der Waals surface area contributed by atoms with Gasteiger partial charge in [0.2, 0.25) is 0 Å². The highest BCUT2D eigenvalue weighted by atomic mass is 16.4. The third-order valence-electron chi connectivity index (χ3n) is 3.49. The van der Waals surface area contributed by atoms with Gasteiger partial charge in [-0.05, 0) is 22.8 Å². The Morgan fingerprint density at radius 3 is 2.61 bits per heavy atom. The van der Waals surface area contributed by atoms with E-state index in [4.69, 9.17) is 5.11 Å². The minimum atomic E-state index is -0.772. The van der Waals surface area contributed by atoms with Crippen LogP contribution < -0.4 is 0 Å². The molecule has 0 aliphatic carbocycles. The zero-order chi connectivity index (χ0) is 13.8. The molecule has 1 atom stereocenters. The number of tetrazole rings is 1. The summed E-state index contributed by atoms with van der Waals surface area (Å²) in [5.41, 5.74) is -0.0922. The summed E-state index contributed by atoms with van der Waals surface area (Å²) < 4.78 is 1.75. The highest BCUT2D eigenvalue weighted by Crippen LogP contribution is 2.25. The van der Waals surface area contributed by atoms with Crippen LogP contribution in [0, 0.1) is 5.92 Å². The molecule has 0 aliphatic heterocycles. The molecule has 1 aromatic rings. The quantitative estimate of drug-likeness (QED) is 0.803. The first-order valence-electron chi connectivity index (χ1n) is 6.39. The Morgan fingerprint density at radius 2 is 2.11 bits per heavy atom. The largest absolute Gasteiger partial charge is 0.481 e. The van der Waals surface area contributed by atoms with Crippen LogP contribution in [-0.2, 0) is 16.8 Å². The van der Waals surface area contributed by atoms with Gasteiger partial charge in [-0.15, -0.1) is 5.10 Å². The summed E-state index contributed by atoms with van der Waals surface area (Å²) >= 11 is 0. The maximum atomic E-state index is 10.8. The smallest absolute Gasteiger partial charge is 0.303 e. The third-order valence-corrected chi connectivity index (χ3v) is 3.49. The molecule has 0 bridgehead atoms. The van der Waals surface area contributed by atoms with Crippen molar-refractivity contribution in [2.45, 2.75) is 58.9 Å². The van der Waals surface area contributed by atoms with Gasteiger partial charge in [0.15, 0.2) is 5.82 Å². The van der Waals surface area contributed by atoms with Crippen LogP contribution in [-0.4, -0.2) is 31.3 Å². The molecule has 18 heavy (non-hydrogen) atoms. The predicted octanol–water partition coefficient (Wildman–Crippen LogP) is 1.86. The van der Waals surface area contributed by atoms with Gasteiger partial charge in [0.1, 0.15) is 0 Å². The van der Waals surface area contributed by atoms with Crippen LogP contribution in [0.15, 0.2) is 0 Å². The molecule has 0 spiro atoms. The fourth-order valence-corrected chi connectivity index (χ4v) is 1.80. The lowest BCUT2D eigenvalue weighted by Gasteiger charge is -2.22. The second kappa shape index (κ2) is 5.93. The summed E-state index contributed by atoms with van der Waals surface area (Å²) in [5.74, 6) is 0.123. The van der Waals surface area contributed by atoms with Crippen molar-refractivity contribution in [3.63, 3.8) is 0 Å². The van der Waals surface area contributed by atoms with E-state index in [1.54, 1.807) is 4.68 Å². The van der Waals surface area contributed by atoms with E-state index in [-0.39, 0.29) is 17.8 Å². The molecule has 0 aromatic carbocycles. The van der Waals surface area contributed by atoms with Crippen LogP contribution >= 0.6 is 0 Å². The first-order chi connectivity index (χ1) is 8.40. The second-order valence-electron chi connectivity index (χ2n) is 5.29.